The first-order chi connectivity index (χ1) is 15.0. The number of nitrogens with one attached hydrogen (secondary N) is 1. The molecule has 10 heteroatoms. The molecule has 1 saturated heterocycles. The summed E-state index contributed by atoms with van der Waals surface area (Å²) < 4.78 is 10.5. The van der Waals surface area contributed by atoms with Gasteiger partial charge in [-0.15, -0.1) is 0 Å². The number of non-ortho nitro benzene ring substituents is 1. The van der Waals surface area contributed by atoms with Gasteiger partial charge in [-0.3, -0.25) is 10.1 Å². The SMILES string of the molecule is CCOC(=O)c1nc2cc([N+](=O)[O-])ccc2nc1Nc1ccc(N2CCOCC2)cc1. The predicted octanol–water partition coefficient (Wildman–Crippen LogP) is 3.29. The Morgan fingerprint density at radius 1 is 1.16 bits per heavy atom. The Morgan fingerprint density at radius 3 is 2.58 bits per heavy atom. The van der Waals surface area contributed by atoms with E-state index in [0.717, 1.165) is 24.5 Å². The maximum atomic E-state index is 12.5. The minimum atomic E-state index is -0.657. The number of morpholine rings is 1. The maximum Gasteiger partial charge on any atom is 0.360 e. The van der Waals surface area contributed by atoms with Crippen LogP contribution in [0.25, 0.3) is 11.0 Å². The summed E-state index contributed by atoms with van der Waals surface area (Å²) in [5, 5.41) is 14.2. The van der Waals surface area contributed by atoms with Crippen LogP contribution in [0.2, 0.25) is 0 Å². The second-order valence-corrected chi connectivity index (χ2v) is 6.84. The van der Waals surface area contributed by atoms with Crippen LogP contribution in [0.15, 0.2) is 42.5 Å². The molecule has 3 aromatic rings. The molecule has 31 heavy (non-hydrogen) atoms. The second-order valence-electron chi connectivity index (χ2n) is 6.84. The fraction of sp³-hybridized carbons (Fsp3) is 0.286. The van der Waals surface area contributed by atoms with Crippen molar-refractivity contribution in [2.45, 2.75) is 6.92 Å². The third-order valence-corrected chi connectivity index (χ3v) is 4.83. The number of fused-ring (bicyclic) bond motifs is 1. The van der Waals surface area contributed by atoms with Crippen LogP contribution in [0.3, 0.4) is 0 Å². The molecule has 0 aliphatic carbocycles. The molecule has 0 unspecified atom stereocenters. The fourth-order valence-electron chi connectivity index (χ4n) is 3.30. The lowest BCUT2D eigenvalue weighted by molar-refractivity contribution is -0.384. The number of ether oxygens (including phenoxy) is 2. The quantitative estimate of drug-likeness (QED) is 0.362. The summed E-state index contributed by atoms with van der Waals surface area (Å²) in [6.07, 6.45) is 0. The molecular weight excluding hydrogens is 402 g/mol. The summed E-state index contributed by atoms with van der Waals surface area (Å²) in [4.78, 5) is 34.0. The number of benzene rings is 2. The van der Waals surface area contributed by atoms with Gasteiger partial charge < -0.3 is 19.7 Å². The molecule has 4 rings (SSSR count). The minimum Gasteiger partial charge on any atom is -0.461 e. The van der Waals surface area contributed by atoms with Gasteiger partial charge in [0.05, 0.1) is 35.8 Å². The normalized spacial score (nSPS) is 13.8. The molecule has 0 amide bonds. The van der Waals surface area contributed by atoms with Crippen LogP contribution in [0.5, 0.6) is 0 Å². The first-order valence-corrected chi connectivity index (χ1v) is 9.88. The van der Waals surface area contributed by atoms with E-state index in [1.54, 1.807) is 6.92 Å². The highest BCUT2D eigenvalue weighted by atomic mass is 16.6. The third kappa shape index (κ3) is 4.53. The van der Waals surface area contributed by atoms with E-state index in [1.807, 2.05) is 24.3 Å². The summed E-state index contributed by atoms with van der Waals surface area (Å²) in [5.41, 5.74) is 2.30. The molecule has 10 nitrogen and oxygen atoms in total. The summed E-state index contributed by atoms with van der Waals surface area (Å²) in [6, 6.07) is 11.9. The zero-order valence-corrected chi connectivity index (χ0v) is 16.9. The van der Waals surface area contributed by atoms with E-state index in [-0.39, 0.29) is 29.3 Å². The van der Waals surface area contributed by atoms with Gasteiger partial charge in [0.15, 0.2) is 11.5 Å². The Morgan fingerprint density at radius 2 is 1.90 bits per heavy atom. The number of hydrogen-bond acceptors (Lipinski definition) is 9. The lowest BCUT2D eigenvalue weighted by atomic mass is 10.2. The van der Waals surface area contributed by atoms with Crippen molar-refractivity contribution >= 4 is 39.9 Å². The molecule has 0 atom stereocenters. The van der Waals surface area contributed by atoms with Crippen LogP contribution >= 0.6 is 0 Å². The number of carbonyl (C=O) groups is 1. The molecule has 0 radical (unpaired) electrons. The Labute approximate surface area is 178 Å². The highest BCUT2D eigenvalue weighted by molar-refractivity contribution is 5.96. The number of rotatable bonds is 6. The number of nitro groups is 1. The van der Waals surface area contributed by atoms with Crippen molar-refractivity contribution in [3.8, 4) is 0 Å². The topological polar surface area (TPSA) is 120 Å². The van der Waals surface area contributed by atoms with Gasteiger partial charge in [-0.05, 0) is 37.3 Å². The first kappa shape index (κ1) is 20.5. The van der Waals surface area contributed by atoms with Crippen LogP contribution in [-0.2, 0) is 9.47 Å². The molecule has 2 aromatic carbocycles. The van der Waals surface area contributed by atoms with Gasteiger partial charge in [-0.25, -0.2) is 14.8 Å². The van der Waals surface area contributed by atoms with E-state index >= 15 is 0 Å². The Hall–Kier alpha value is -3.79. The molecule has 1 fully saturated rings. The maximum absolute atomic E-state index is 12.5. The van der Waals surface area contributed by atoms with E-state index in [9.17, 15) is 14.9 Å². The lowest BCUT2D eigenvalue weighted by Crippen LogP contribution is -2.36. The van der Waals surface area contributed by atoms with E-state index < -0.39 is 10.9 Å². The van der Waals surface area contributed by atoms with Crippen molar-refractivity contribution in [3.05, 3.63) is 58.3 Å². The molecular formula is C21H21N5O5. The molecule has 2 heterocycles. The average Bonchev–Trinajstić information content (AvgIpc) is 2.79. The smallest absolute Gasteiger partial charge is 0.360 e. The molecule has 160 valence electrons. The van der Waals surface area contributed by atoms with Crippen LogP contribution < -0.4 is 10.2 Å². The minimum absolute atomic E-state index is 0.0351. The van der Waals surface area contributed by atoms with Crippen molar-refractivity contribution in [2.24, 2.45) is 0 Å². The molecule has 1 N–H and O–H groups in total. The summed E-state index contributed by atoms with van der Waals surface area (Å²) in [5.74, 6) is -0.435. The Kier molecular flexibility index (Phi) is 5.89. The number of esters is 1. The number of anilines is 3. The third-order valence-electron chi connectivity index (χ3n) is 4.83. The van der Waals surface area contributed by atoms with Crippen LogP contribution in [-0.4, -0.2) is 53.8 Å². The number of carbonyl (C=O) groups excluding carboxylic acids is 1. The predicted molar refractivity (Wildman–Crippen MR) is 115 cm³/mol. The molecule has 1 aliphatic rings. The van der Waals surface area contributed by atoms with Gasteiger partial charge in [0.25, 0.3) is 5.69 Å². The van der Waals surface area contributed by atoms with Gasteiger partial charge in [-0.2, -0.15) is 0 Å². The van der Waals surface area contributed by atoms with Crippen molar-refractivity contribution in [2.75, 3.05) is 43.1 Å². The molecule has 1 aromatic heterocycles. The summed E-state index contributed by atoms with van der Waals surface area (Å²) >= 11 is 0. The molecule has 0 spiro atoms. The van der Waals surface area contributed by atoms with Gasteiger partial charge in [0, 0.05) is 36.6 Å². The summed E-state index contributed by atoms with van der Waals surface area (Å²) in [7, 11) is 0. The Balaban J connectivity index is 1.66. The Bertz CT molecular complexity index is 1110. The van der Waals surface area contributed by atoms with E-state index in [2.05, 4.69) is 20.2 Å². The zero-order valence-electron chi connectivity index (χ0n) is 16.9. The monoisotopic (exact) mass is 423 g/mol. The number of nitrogens with zero attached hydrogens (tertiary/aromatic N) is 4. The van der Waals surface area contributed by atoms with Crippen molar-refractivity contribution in [1.82, 2.24) is 9.97 Å². The number of nitro benzene ring substituents is 1. The number of hydrogen-bond donors (Lipinski definition) is 1. The average molecular weight is 423 g/mol. The van der Waals surface area contributed by atoms with Gasteiger partial charge in [-0.1, -0.05) is 0 Å². The van der Waals surface area contributed by atoms with Crippen molar-refractivity contribution in [3.63, 3.8) is 0 Å². The molecule has 0 saturated carbocycles. The van der Waals surface area contributed by atoms with Crippen LogP contribution in [0.1, 0.15) is 17.4 Å². The van der Waals surface area contributed by atoms with Crippen LogP contribution in [0.4, 0.5) is 22.9 Å². The highest BCUT2D eigenvalue weighted by Crippen LogP contribution is 2.26. The van der Waals surface area contributed by atoms with E-state index in [1.165, 1.54) is 18.2 Å². The second kappa shape index (κ2) is 8.92. The van der Waals surface area contributed by atoms with Crippen molar-refractivity contribution in [1.29, 1.82) is 0 Å². The molecule has 1 aliphatic heterocycles. The first-order valence-electron chi connectivity index (χ1n) is 9.88. The summed E-state index contributed by atoms with van der Waals surface area (Å²) in [6.45, 7) is 4.93. The van der Waals surface area contributed by atoms with Crippen molar-refractivity contribution < 1.29 is 19.2 Å². The molecule has 0 bridgehead atoms. The van der Waals surface area contributed by atoms with Gasteiger partial charge >= 0.3 is 5.97 Å². The number of aromatic nitrogens is 2. The standard InChI is InChI=1S/C21H21N5O5/c1-2-31-21(27)19-20(24-17-8-7-16(26(28)29)13-18(17)23-19)22-14-3-5-15(6-4-14)25-9-11-30-12-10-25/h3-8,13H,2,9-12H2,1H3,(H,22,24). The highest BCUT2D eigenvalue weighted by Gasteiger charge is 2.20. The largest absolute Gasteiger partial charge is 0.461 e. The van der Waals surface area contributed by atoms with E-state index in [0.29, 0.717) is 18.7 Å². The van der Waals surface area contributed by atoms with Gasteiger partial charge in [0.2, 0.25) is 0 Å². The van der Waals surface area contributed by atoms with Crippen LogP contribution in [0, 0.1) is 10.1 Å². The van der Waals surface area contributed by atoms with Gasteiger partial charge in [0.1, 0.15) is 0 Å². The zero-order chi connectivity index (χ0) is 21.8. The van der Waals surface area contributed by atoms with E-state index in [4.69, 9.17) is 9.47 Å². The fourth-order valence-corrected chi connectivity index (χ4v) is 3.30. The lowest BCUT2D eigenvalue weighted by Gasteiger charge is -2.28.